The molecule has 2 heteroatoms. The Bertz CT molecular complexity index is 3250. The van der Waals surface area contributed by atoms with E-state index in [9.17, 15) is 0 Å². The fraction of sp³-hybridized carbons (Fsp3) is 0. The highest BCUT2D eigenvalue weighted by Crippen LogP contribution is 2.46. The van der Waals surface area contributed by atoms with Crippen molar-refractivity contribution in [3.05, 3.63) is 231 Å². The SMILES string of the molecule is c1ccc(-c2ccc(N(c3cccc(-c4cccc5cccc(-c6ccccc6)c45)c3)c3cccc4c5c6ccccc6ccc5n(-c5ccccc5)c34)cc2)cc1. The standard InChI is InChI=1S/C56H38N2/c1-4-16-39(17-5-1)40-32-35-46(36-33-40)57(47-26-12-23-44(38-47)50-29-14-22-43-21-13-28-48(54(43)50)41-18-6-2-7-19-41)53-31-15-30-51-55-49-27-11-10-20-42(49)34-37-52(55)58(56(51)53)45-24-8-3-9-25-45/h1-38H. The normalized spacial score (nSPS) is 11.4. The van der Waals surface area contributed by atoms with E-state index in [1.807, 2.05) is 0 Å². The Hall–Kier alpha value is -7.68. The van der Waals surface area contributed by atoms with Gasteiger partial charge in [-0.15, -0.1) is 0 Å². The summed E-state index contributed by atoms with van der Waals surface area (Å²) >= 11 is 0. The number of para-hydroxylation sites is 2. The van der Waals surface area contributed by atoms with Gasteiger partial charge in [0.05, 0.1) is 16.7 Å². The van der Waals surface area contributed by atoms with Gasteiger partial charge in [-0.2, -0.15) is 0 Å². The maximum atomic E-state index is 2.46. The number of fused-ring (bicyclic) bond motifs is 6. The topological polar surface area (TPSA) is 8.17 Å². The van der Waals surface area contributed by atoms with Crippen molar-refractivity contribution in [2.24, 2.45) is 0 Å². The highest BCUT2D eigenvalue weighted by molar-refractivity contribution is 6.23. The average molecular weight is 739 g/mol. The molecule has 1 heterocycles. The molecule has 0 N–H and O–H groups in total. The van der Waals surface area contributed by atoms with Gasteiger partial charge in [-0.25, -0.2) is 0 Å². The third-order valence-corrected chi connectivity index (χ3v) is 11.5. The van der Waals surface area contributed by atoms with E-state index in [4.69, 9.17) is 0 Å². The summed E-state index contributed by atoms with van der Waals surface area (Å²) in [5.74, 6) is 0. The van der Waals surface area contributed by atoms with Crippen LogP contribution >= 0.6 is 0 Å². The van der Waals surface area contributed by atoms with Crippen LogP contribution in [0.5, 0.6) is 0 Å². The van der Waals surface area contributed by atoms with Crippen molar-refractivity contribution in [1.82, 2.24) is 4.57 Å². The highest BCUT2D eigenvalue weighted by Gasteiger charge is 2.23. The molecule has 0 fully saturated rings. The molecule has 0 amide bonds. The second-order valence-electron chi connectivity index (χ2n) is 14.9. The minimum atomic E-state index is 1.08. The fourth-order valence-electron chi connectivity index (χ4n) is 8.96. The molecule has 1 aromatic heterocycles. The largest absolute Gasteiger partial charge is 0.308 e. The number of rotatable bonds is 7. The Kier molecular flexibility index (Phi) is 8.19. The molecule has 0 radical (unpaired) electrons. The van der Waals surface area contributed by atoms with Crippen LogP contribution in [0.2, 0.25) is 0 Å². The van der Waals surface area contributed by atoms with Crippen LogP contribution in [-0.4, -0.2) is 4.57 Å². The van der Waals surface area contributed by atoms with Crippen molar-refractivity contribution in [3.8, 4) is 39.1 Å². The Labute approximate surface area is 338 Å². The number of nitrogens with zero attached hydrogens (tertiary/aromatic N) is 2. The van der Waals surface area contributed by atoms with Crippen molar-refractivity contribution in [2.75, 3.05) is 4.90 Å². The number of anilines is 3. The molecule has 0 spiro atoms. The maximum absolute atomic E-state index is 2.46. The third kappa shape index (κ3) is 5.66. The zero-order valence-electron chi connectivity index (χ0n) is 31.8. The van der Waals surface area contributed by atoms with E-state index < -0.39 is 0 Å². The zero-order chi connectivity index (χ0) is 38.4. The lowest BCUT2D eigenvalue weighted by atomic mass is 9.91. The van der Waals surface area contributed by atoms with E-state index in [0.29, 0.717) is 0 Å². The Morgan fingerprint density at radius 1 is 0.328 bits per heavy atom. The van der Waals surface area contributed by atoms with Crippen molar-refractivity contribution < 1.29 is 0 Å². The van der Waals surface area contributed by atoms with Gasteiger partial charge in [0.1, 0.15) is 0 Å². The van der Waals surface area contributed by atoms with Crippen LogP contribution in [0.25, 0.3) is 82.4 Å². The number of aromatic nitrogens is 1. The molecule has 11 rings (SSSR count). The minimum absolute atomic E-state index is 1.08. The van der Waals surface area contributed by atoms with Crippen LogP contribution in [0, 0.1) is 0 Å². The molecule has 0 aliphatic heterocycles. The van der Waals surface area contributed by atoms with Crippen LogP contribution in [0.4, 0.5) is 17.1 Å². The molecule has 0 bridgehead atoms. The van der Waals surface area contributed by atoms with Gasteiger partial charge in [-0.3, -0.25) is 0 Å². The van der Waals surface area contributed by atoms with Crippen molar-refractivity contribution >= 4 is 60.4 Å². The van der Waals surface area contributed by atoms with E-state index in [0.717, 1.165) is 28.3 Å². The second kappa shape index (κ2) is 14.1. The lowest BCUT2D eigenvalue weighted by molar-refractivity contribution is 1.17. The first-order valence-corrected chi connectivity index (χ1v) is 19.9. The highest BCUT2D eigenvalue weighted by atomic mass is 15.2. The van der Waals surface area contributed by atoms with E-state index in [1.165, 1.54) is 71.2 Å². The minimum Gasteiger partial charge on any atom is -0.308 e. The summed E-state index contributed by atoms with van der Waals surface area (Å²) in [6.45, 7) is 0. The summed E-state index contributed by atoms with van der Waals surface area (Å²) in [7, 11) is 0. The monoisotopic (exact) mass is 738 g/mol. The van der Waals surface area contributed by atoms with Crippen LogP contribution in [-0.2, 0) is 0 Å². The molecule has 0 aliphatic carbocycles. The van der Waals surface area contributed by atoms with E-state index >= 15 is 0 Å². The van der Waals surface area contributed by atoms with Gasteiger partial charge in [0, 0.05) is 27.8 Å². The summed E-state index contributed by atoms with van der Waals surface area (Å²) < 4.78 is 2.46. The Balaban J connectivity index is 1.19. The summed E-state index contributed by atoms with van der Waals surface area (Å²) in [5.41, 5.74) is 14.0. The van der Waals surface area contributed by atoms with Crippen LogP contribution < -0.4 is 4.90 Å². The molecule has 0 atom stereocenters. The van der Waals surface area contributed by atoms with Crippen molar-refractivity contribution in [1.29, 1.82) is 0 Å². The third-order valence-electron chi connectivity index (χ3n) is 11.5. The lowest BCUT2D eigenvalue weighted by Crippen LogP contribution is -2.12. The Morgan fingerprint density at radius 3 is 1.66 bits per heavy atom. The van der Waals surface area contributed by atoms with Gasteiger partial charge in [-0.1, -0.05) is 182 Å². The number of hydrogen-bond donors (Lipinski definition) is 0. The predicted molar refractivity (Wildman–Crippen MR) is 247 cm³/mol. The summed E-state index contributed by atoms with van der Waals surface area (Å²) in [4.78, 5) is 2.45. The fourth-order valence-corrected chi connectivity index (χ4v) is 8.96. The molecule has 0 unspecified atom stereocenters. The van der Waals surface area contributed by atoms with E-state index in [-0.39, 0.29) is 0 Å². The van der Waals surface area contributed by atoms with Gasteiger partial charge < -0.3 is 9.47 Å². The van der Waals surface area contributed by atoms with Crippen LogP contribution in [0.1, 0.15) is 0 Å². The summed E-state index contributed by atoms with van der Waals surface area (Å²) in [5, 5.41) is 7.45. The first-order chi connectivity index (χ1) is 28.8. The molecule has 11 aromatic rings. The van der Waals surface area contributed by atoms with E-state index in [2.05, 4.69) is 240 Å². The predicted octanol–water partition coefficient (Wildman–Crippen LogP) is 15.6. The smallest absolute Gasteiger partial charge is 0.0782 e. The molecule has 272 valence electrons. The molecule has 10 aromatic carbocycles. The quantitative estimate of drug-likeness (QED) is 0.158. The Morgan fingerprint density at radius 2 is 0.897 bits per heavy atom. The van der Waals surface area contributed by atoms with Gasteiger partial charge in [0.15, 0.2) is 0 Å². The average Bonchev–Trinajstić information content (AvgIpc) is 3.66. The van der Waals surface area contributed by atoms with Crippen molar-refractivity contribution in [3.63, 3.8) is 0 Å². The van der Waals surface area contributed by atoms with Gasteiger partial charge in [-0.05, 0) is 103 Å². The van der Waals surface area contributed by atoms with Crippen LogP contribution in [0.15, 0.2) is 231 Å². The van der Waals surface area contributed by atoms with Gasteiger partial charge in [0.2, 0.25) is 0 Å². The van der Waals surface area contributed by atoms with Gasteiger partial charge in [0.25, 0.3) is 0 Å². The van der Waals surface area contributed by atoms with Crippen LogP contribution in [0.3, 0.4) is 0 Å². The summed E-state index contributed by atoms with van der Waals surface area (Å²) in [6.07, 6.45) is 0. The molecule has 0 aliphatic rings. The first kappa shape index (κ1) is 33.6. The number of hydrogen-bond acceptors (Lipinski definition) is 1. The molecule has 0 saturated heterocycles. The first-order valence-electron chi connectivity index (χ1n) is 19.9. The molecule has 58 heavy (non-hydrogen) atoms. The lowest BCUT2D eigenvalue weighted by Gasteiger charge is -2.28. The molecule has 0 saturated carbocycles. The number of benzene rings is 10. The summed E-state index contributed by atoms with van der Waals surface area (Å²) in [6, 6.07) is 83.7. The zero-order valence-corrected chi connectivity index (χ0v) is 31.8. The maximum Gasteiger partial charge on any atom is 0.0782 e. The molecule has 2 nitrogen and oxygen atoms in total. The molecular weight excluding hydrogens is 701 g/mol. The molecular formula is C56H38N2. The van der Waals surface area contributed by atoms with E-state index in [1.54, 1.807) is 0 Å². The van der Waals surface area contributed by atoms with Crippen molar-refractivity contribution in [2.45, 2.75) is 0 Å². The second-order valence-corrected chi connectivity index (χ2v) is 14.9. The van der Waals surface area contributed by atoms with Gasteiger partial charge >= 0.3 is 0 Å².